The van der Waals surface area contributed by atoms with E-state index in [9.17, 15) is 13.2 Å². The summed E-state index contributed by atoms with van der Waals surface area (Å²) in [7, 11) is -1.81. The summed E-state index contributed by atoms with van der Waals surface area (Å²) in [4.78, 5) is 17.0. The Morgan fingerprint density at radius 2 is 1.86 bits per heavy atom. The van der Waals surface area contributed by atoms with Crippen LogP contribution in [0.4, 0.5) is 5.69 Å². The van der Waals surface area contributed by atoms with Gasteiger partial charge in [-0.1, -0.05) is 28.1 Å². The molecule has 6 nitrogen and oxygen atoms in total. The molecule has 1 fully saturated rings. The molecule has 2 heterocycles. The molecule has 0 radical (unpaired) electrons. The zero-order chi connectivity index (χ0) is 20.8. The molecule has 2 aromatic rings. The van der Waals surface area contributed by atoms with Crippen LogP contribution in [-0.2, 0) is 14.8 Å². The summed E-state index contributed by atoms with van der Waals surface area (Å²) in [5.74, 6) is 0.508. The highest BCUT2D eigenvalue weighted by atomic mass is 79.9. The largest absolute Gasteiger partial charge is 0.355 e. The van der Waals surface area contributed by atoms with Crippen LogP contribution in [0.1, 0.15) is 24.0 Å². The highest BCUT2D eigenvalue weighted by molar-refractivity contribution is 9.10. The van der Waals surface area contributed by atoms with Crippen LogP contribution in [0.3, 0.4) is 0 Å². The van der Waals surface area contributed by atoms with E-state index in [1.165, 1.54) is 0 Å². The third-order valence-corrected chi connectivity index (χ3v) is 7.43. The van der Waals surface area contributed by atoms with Crippen molar-refractivity contribution in [2.45, 2.75) is 24.7 Å². The highest BCUT2D eigenvalue weighted by Crippen LogP contribution is 2.31. The van der Waals surface area contributed by atoms with Crippen LogP contribution in [-0.4, -0.2) is 45.2 Å². The van der Waals surface area contributed by atoms with Crippen molar-refractivity contribution in [1.82, 2.24) is 4.90 Å². The van der Waals surface area contributed by atoms with Crippen molar-refractivity contribution in [1.29, 1.82) is 0 Å². The predicted octanol–water partition coefficient (Wildman–Crippen LogP) is 3.58. The lowest BCUT2D eigenvalue weighted by Crippen LogP contribution is -2.43. The second-order valence-corrected chi connectivity index (χ2v) is 9.96. The Morgan fingerprint density at radius 1 is 1.17 bits per heavy atom. The molecule has 2 aromatic carbocycles. The molecular formula is C21H22BrN3O3S. The number of hydrogen-bond acceptors (Lipinski definition) is 4. The van der Waals surface area contributed by atoms with E-state index < -0.39 is 10.0 Å². The van der Waals surface area contributed by atoms with E-state index in [1.54, 1.807) is 23.1 Å². The molecule has 0 atom stereocenters. The maximum absolute atomic E-state index is 13.0. The van der Waals surface area contributed by atoms with Crippen LogP contribution in [0.25, 0.3) is 0 Å². The summed E-state index contributed by atoms with van der Waals surface area (Å²) in [5, 5.41) is 0. The number of amidine groups is 1. The predicted molar refractivity (Wildman–Crippen MR) is 117 cm³/mol. The molecule has 152 valence electrons. The number of piperidine rings is 1. The van der Waals surface area contributed by atoms with Crippen molar-refractivity contribution in [2.24, 2.45) is 10.3 Å². The number of sulfonamides is 1. The van der Waals surface area contributed by atoms with Crippen LogP contribution in [0, 0.1) is 12.8 Å². The second kappa shape index (κ2) is 7.57. The fourth-order valence-electron chi connectivity index (χ4n) is 4.04. The SMILES string of the molecule is Cc1cc(Br)ccc1N(C)C(=O)C1CCN(C2=NS(=O)(=O)c3ccccc32)CC1. The zero-order valence-electron chi connectivity index (χ0n) is 16.3. The molecule has 8 heteroatoms. The first kappa shape index (κ1) is 20.1. The fraction of sp³-hybridized carbons (Fsp3) is 0.333. The molecule has 0 N–H and O–H groups in total. The van der Waals surface area contributed by atoms with Crippen LogP contribution in [0.5, 0.6) is 0 Å². The van der Waals surface area contributed by atoms with Gasteiger partial charge in [-0.3, -0.25) is 4.79 Å². The summed E-state index contributed by atoms with van der Waals surface area (Å²) in [5.41, 5.74) is 2.59. The van der Waals surface area contributed by atoms with Gasteiger partial charge in [-0.2, -0.15) is 8.42 Å². The van der Waals surface area contributed by atoms with Gasteiger partial charge in [-0.15, -0.1) is 4.40 Å². The highest BCUT2D eigenvalue weighted by Gasteiger charge is 2.35. The minimum atomic E-state index is -3.62. The Labute approximate surface area is 179 Å². The van der Waals surface area contributed by atoms with Gasteiger partial charge < -0.3 is 9.80 Å². The van der Waals surface area contributed by atoms with Gasteiger partial charge in [0.2, 0.25) is 5.91 Å². The first-order chi connectivity index (χ1) is 13.8. The molecule has 0 aliphatic carbocycles. The minimum absolute atomic E-state index is 0.0897. The first-order valence-electron chi connectivity index (χ1n) is 9.51. The van der Waals surface area contributed by atoms with Crippen LogP contribution in [0.15, 0.2) is 56.2 Å². The number of aryl methyl sites for hydroxylation is 1. The van der Waals surface area contributed by atoms with Crippen molar-refractivity contribution >= 4 is 43.4 Å². The Kier molecular flexibility index (Phi) is 5.25. The van der Waals surface area contributed by atoms with E-state index >= 15 is 0 Å². The maximum Gasteiger partial charge on any atom is 0.285 e. The Hall–Kier alpha value is -2.19. The number of anilines is 1. The minimum Gasteiger partial charge on any atom is -0.355 e. The van der Waals surface area contributed by atoms with Gasteiger partial charge in [0.05, 0.1) is 0 Å². The molecule has 0 spiro atoms. The molecule has 1 saturated heterocycles. The normalized spacial score (nSPS) is 18.3. The summed E-state index contributed by atoms with van der Waals surface area (Å²) in [6.07, 6.45) is 1.33. The number of fused-ring (bicyclic) bond motifs is 1. The lowest BCUT2D eigenvalue weighted by Gasteiger charge is -2.34. The smallest absolute Gasteiger partial charge is 0.285 e. The summed E-state index contributed by atoms with van der Waals surface area (Å²) >= 11 is 3.45. The molecule has 1 amide bonds. The monoisotopic (exact) mass is 475 g/mol. The average Bonchev–Trinajstić information content (AvgIpc) is 2.98. The Morgan fingerprint density at radius 3 is 2.55 bits per heavy atom. The quantitative estimate of drug-likeness (QED) is 0.665. The van der Waals surface area contributed by atoms with Gasteiger partial charge in [-0.25, -0.2) is 0 Å². The van der Waals surface area contributed by atoms with E-state index in [-0.39, 0.29) is 16.7 Å². The summed E-state index contributed by atoms with van der Waals surface area (Å²) in [6.45, 7) is 3.20. The molecule has 2 aliphatic rings. The molecule has 2 aliphatic heterocycles. The number of likely N-dealkylation sites (tertiary alicyclic amines) is 1. The molecule has 4 rings (SSSR count). The third-order valence-electron chi connectivity index (χ3n) is 5.61. The van der Waals surface area contributed by atoms with Crippen molar-refractivity contribution in [2.75, 3.05) is 25.0 Å². The average molecular weight is 476 g/mol. The van der Waals surface area contributed by atoms with Crippen molar-refractivity contribution in [3.63, 3.8) is 0 Å². The topological polar surface area (TPSA) is 70.1 Å². The number of benzene rings is 2. The van der Waals surface area contributed by atoms with E-state index in [2.05, 4.69) is 20.3 Å². The number of halogens is 1. The lowest BCUT2D eigenvalue weighted by atomic mass is 9.94. The molecular weight excluding hydrogens is 454 g/mol. The summed E-state index contributed by atoms with van der Waals surface area (Å²) < 4.78 is 29.6. The number of nitrogens with zero attached hydrogens (tertiary/aromatic N) is 3. The zero-order valence-corrected chi connectivity index (χ0v) is 18.7. The number of hydrogen-bond donors (Lipinski definition) is 0. The van der Waals surface area contributed by atoms with Crippen LogP contribution >= 0.6 is 15.9 Å². The van der Waals surface area contributed by atoms with Crippen LogP contribution < -0.4 is 4.90 Å². The van der Waals surface area contributed by atoms with Crippen LogP contribution in [0.2, 0.25) is 0 Å². The Balaban J connectivity index is 1.47. The van der Waals surface area contributed by atoms with E-state index in [1.807, 2.05) is 43.1 Å². The summed E-state index contributed by atoms with van der Waals surface area (Å²) in [6, 6.07) is 12.8. The molecule has 0 aromatic heterocycles. The van der Waals surface area contributed by atoms with Crippen molar-refractivity contribution < 1.29 is 13.2 Å². The van der Waals surface area contributed by atoms with Gasteiger partial charge >= 0.3 is 0 Å². The second-order valence-electron chi connectivity index (χ2n) is 7.48. The first-order valence-corrected chi connectivity index (χ1v) is 11.7. The van der Waals surface area contributed by atoms with Crippen molar-refractivity contribution in [3.05, 3.63) is 58.1 Å². The van der Waals surface area contributed by atoms with E-state index in [4.69, 9.17) is 0 Å². The van der Waals surface area contributed by atoms with Gasteiger partial charge in [0.1, 0.15) is 4.90 Å². The molecule has 0 unspecified atom stereocenters. The maximum atomic E-state index is 13.0. The Bertz CT molecular complexity index is 1110. The molecule has 29 heavy (non-hydrogen) atoms. The number of amides is 1. The molecule has 0 bridgehead atoms. The van der Waals surface area contributed by atoms with Crippen molar-refractivity contribution in [3.8, 4) is 0 Å². The van der Waals surface area contributed by atoms with Gasteiger partial charge in [0, 0.05) is 41.8 Å². The third kappa shape index (κ3) is 3.71. The van der Waals surface area contributed by atoms with E-state index in [0.29, 0.717) is 37.3 Å². The lowest BCUT2D eigenvalue weighted by molar-refractivity contribution is -0.123. The number of carbonyl (C=O) groups is 1. The number of rotatable bonds is 2. The standard InChI is InChI=1S/C21H22BrN3O3S/c1-14-13-16(22)7-8-18(14)24(2)21(26)15-9-11-25(12-10-15)20-17-5-3-4-6-19(17)29(27,28)23-20/h3-8,13,15H,9-12H2,1-2H3. The number of carbonyl (C=O) groups excluding carboxylic acids is 1. The van der Waals surface area contributed by atoms with Gasteiger partial charge in [-0.05, 0) is 55.7 Å². The van der Waals surface area contributed by atoms with Gasteiger partial charge in [0.15, 0.2) is 5.84 Å². The van der Waals surface area contributed by atoms with E-state index in [0.717, 1.165) is 15.7 Å². The van der Waals surface area contributed by atoms with Gasteiger partial charge in [0.25, 0.3) is 10.0 Å². The fourth-order valence-corrected chi connectivity index (χ4v) is 5.75. The molecule has 0 saturated carbocycles.